The standard InChI is InChI=1S/C16H15N3O2/c1-12(20)14(11-18-15-9-5-6-10-17-15)19-16(21)13-7-3-2-4-8-13/h2-11H,1H3,(H,17,18)(H,19,21)/b14-11-. The topological polar surface area (TPSA) is 71.1 Å². The highest BCUT2D eigenvalue weighted by molar-refractivity contribution is 6.02. The average Bonchev–Trinajstić information content (AvgIpc) is 2.52. The van der Waals surface area contributed by atoms with E-state index in [1.54, 1.807) is 42.6 Å². The zero-order valence-electron chi connectivity index (χ0n) is 11.5. The number of carbonyl (C=O) groups excluding carboxylic acids is 2. The Balaban J connectivity index is 2.09. The van der Waals surface area contributed by atoms with Crippen molar-refractivity contribution in [2.45, 2.75) is 6.92 Å². The van der Waals surface area contributed by atoms with Gasteiger partial charge in [0.2, 0.25) is 0 Å². The molecular weight excluding hydrogens is 266 g/mol. The lowest BCUT2D eigenvalue weighted by atomic mass is 10.2. The molecule has 2 rings (SSSR count). The fraction of sp³-hybridized carbons (Fsp3) is 0.0625. The predicted octanol–water partition coefficient (Wildman–Crippen LogP) is 2.35. The Morgan fingerprint density at radius 2 is 1.76 bits per heavy atom. The monoisotopic (exact) mass is 281 g/mol. The van der Waals surface area contributed by atoms with E-state index in [1.807, 2.05) is 12.1 Å². The number of rotatable bonds is 5. The first kappa shape index (κ1) is 14.5. The second-order valence-electron chi connectivity index (χ2n) is 4.29. The van der Waals surface area contributed by atoms with E-state index in [2.05, 4.69) is 15.6 Å². The second-order valence-corrected chi connectivity index (χ2v) is 4.29. The summed E-state index contributed by atoms with van der Waals surface area (Å²) in [7, 11) is 0. The van der Waals surface area contributed by atoms with Crippen molar-refractivity contribution in [2.75, 3.05) is 5.32 Å². The summed E-state index contributed by atoms with van der Waals surface area (Å²) >= 11 is 0. The third-order valence-corrected chi connectivity index (χ3v) is 2.69. The quantitative estimate of drug-likeness (QED) is 0.825. The summed E-state index contributed by atoms with van der Waals surface area (Å²) in [6.07, 6.45) is 3.07. The Labute approximate surface area is 122 Å². The molecule has 0 saturated carbocycles. The molecule has 0 unspecified atom stereocenters. The van der Waals surface area contributed by atoms with Gasteiger partial charge in [0.1, 0.15) is 11.5 Å². The number of pyridine rings is 1. The Kier molecular flexibility index (Phi) is 4.82. The smallest absolute Gasteiger partial charge is 0.255 e. The number of allylic oxidation sites excluding steroid dienone is 1. The Bertz CT molecular complexity index is 652. The van der Waals surface area contributed by atoms with Crippen LogP contribution in [0.2, 0.25) is 0 Å². The van der Waals surface area contributed by atoms with E-state index >= 15 is 0 Å². The number of Topliss-reactive ketones (excluding diaryl/α,β-unsaturated/α-hetero) is 1. The van der Waals surface area contributed by atoms with Gasteiger partial charge < -0.3 is 10.6 Å². The number of carbonyl (C=O) groups is 2. The number of hydrogen-bond acceptors (Lipinski definition) is 4. The van der Waals surface area contributed by atoms with E-state index < -0.39 is 0 Å². The highest BCUT2D eigenvalue weighted by Crippen LogP contribution is 2.03. The number of anilines is 1. The highest BCUT2D eigenvalue weighted by Gasteiger charge is 2.10. The third-order valence-electron chi connectivity index (χ3n) is 2.69. The van der Waals surface area contributed by atoms with Gasteiger partial charge in [-0.1, -0.05) is 24.3 Å². The number of benzene rings is 1. The first-order chi connectivity index (χ1) is 10.2. The molecule has 1 heterocycles. The van der Waals surface area contributed by atoms with Crippen molar-refractivity contribution in [1.82, 2.24) is 10.3 Å². The molecule has 0 atom stereocenters. The Morgan fingerprint density at radius 3 is 2.38 bits per heavy atom. The SMILES string of the molecule is CC(=O)/C(=C/Nc1ccccn1)NC(=O)c1ccccc1. The lowest BCUT2D eigenvalue weighted by Gasteiger charge is -2.08. The van der Waals surface area contributed by atoms with Gasteiger partial charge in [-0.15, -0.1) is 0 Å². The van der Waals surface area contributed by atoms with Gasteiger partial charge in [-0.25, -0.2) is 4.98 Å². The summed E-state index contributed by atoms with van der Waals surface area (Å²) in [5, 5.41) is 5.46. The Hall–Kier alpha value is -2.95. The van der Waals surface area contributed by atoms with Crippen LogP contribution in [0.15, 0.2) is 66.6 Å². The number of hydrogen-bond donors (Lipinski definition) is 2. The molecule has 0 aliphatic rings. The molecule has 1 amide bonds. The minimum atomic E-state index is -0.333. The van der Waals surface area contributed by atoms with Crippen LogP contribution in [0.3, 0.4) is 0 Å². The van der Waals surface area contributed by atoms with Gasteiger partial charge in [0.15, 0.2) is 5.78 Å². The van der Waals surface area contributed by atoms with Gasteiger partial charge in [0.05, 0.1) is 0 Å². The lowest BCUT2D eigenvalue weighted by molar-refractivity contribution is -0.113. The summed E-state index contributed by atoms with van der Waals surface area (Å²) in [6.45, 7) is 1.39. The molecule has 0 radical (unpaired) electrons. The van der Waals surface area contributed by atoms with E-state index in [9.17, 15) is 9.59 Å². The van der Waals surface area contributed by atoms with Crippen molar-refractivity contribution in [3.05, 3.63) is 72.2 Å². The fourth-order valence-electron chi connectivity index (χ4n) is 1.60. The van der Waals surface area contributed by atoms with E-state index in [1.165, 1.54) is 13.1 Å². The molecule has 0 aliphatic carbocycles. The normalized spacial score (nSPS) is 10.8. The third kappa shape index (κ3) is 4.28. The molecule has 0 saturated heterocycles. The highest BCUT2D eigenvalue weighted by atomic mass is 16.2. The molecule has 5 heteroatoms. The van der Waals surface area contributed by atoms with Gasteiger partial charge in [-0.2, -0.15) is 0 Å². The van der Waals surface area contributed by atoms with E-state index in [0.29, 0.717) is 11.4 Å². The van der Waals surface area contributed by atoms with E-state index in [0.717, 1.165) is 0 Å². The molecular formula is C16H15N3O2. The molecule has 106 valence electrons. The molecule has 21 heavy (non-hydrogen) atoms. The van der Waals surface area contributed by atoms with Gasteiger partial charge >= 0.3 is 0 Å². The van der Waals surface area contributed by atoms with Crippen molar-refractivity contribution in [1.29, 1.82) is 0 Å². The fourth-order valence-corrected chi connectivity index (χ4v) is 1.60. The zero-order chi connectivity index (χ0) is 15.1. The zero-order valence-corrected chi connectivity index (χ0v) is 11.5. The van der Waals surface area contributed by atoms with Crippen LogP contribution < -0.4 is 10.6 Å². The number of nitrogens with zero attached hydrogens (tertiary/aromatic N) is 1. The van der Waals surface area contributed by atoms with Crippen LogP contribution in [0.4, 0.5) is 5.82 Å². The maximum atomic E-state index is 12.0. The molecule has 0 bridgehead atoms. The first-order valence-corrected chi connectivity index (χ1v) is 6.42. The number of ketones is 1. The van der Waals surface area contributed by atoms with Crippen LogP contribution in [-0.4, -0.2) is 16.7 Å². The van der Waals surface area contributed by atoms with Gasteiger partial charge in [-0.3, -0.25) is 9.59 Å². The molecule has 2 N–H and O–H groups in total. The second kappa shape index (κ2) is 7.00. The maximum Gasteiger partial charge on any atom is 0.255 e. The summed E-state index contributed by atoms with van der Waals surface area (Å²) < 4.78 is 0. The van der Waals surface area contributed by atoms with Gasteiger partial charge in [0, 0.05) is 24.9 Å². The minimum absolute atomic E-state index is 0.175. The minimum Gasteiger partial charge on any atom is -0.344 e. The Morgan fingerprint density at radius 1 is 1.05 bits per heavy atom. The van der Waals surface area contributed by atoms with Crippen LogP contribution >= 0.6 is 0 Å². The van der Waals surface area contributed by atoms with Crippen LogP contribution in [0.1, 0.15) is 17.3 Å². The number of amides is 1. The molecule has 2 aromatic rings. The predicted molar refractivity (Wildman–Crippen MR) is 80.5 cm³/mol. The average molecular weight is 281 g/mol. The van der Waals surface area contributed by atoms with Crippen molar-refractivity contribution in [3.63, 3.8) is 0 Å². The van der Waals surface area contributed by atoms with Crippen LogP contribution in [-0.2, 0) is 4.79 Å². The summed E-state index contributed by atoms with van der Waals surface area (Å²) in [4.78, 5) is 27.7. The maximum absolute atomic E-state index is 12.0. The first-order valence-electron chi connectivity index (χ1n) is 6.42. The lowest BCUT2D eigenvalue weighted by Crippen LogP contribution is -2.27. The van der Waals surface area contributed by atoms with Gasteiger partial charge in [0.25, 0.3) is 5.91 Å². The van der Waals surface area contributed by atoms with Crippen LogP contribution in [0, 0.1) is 0 Å². The van der Waals surface area contributed by atoms with Crippen molar-refractivity contribution in [3.8, 4) is 0 Å². The van der Waals surface area contributed by atoms with Crippen molar-refractivity contribution < 1.29 is 9.59 Å². The van der Waals surface area contributed by atoms with Crippen molar-refractivity contribution in [2.24, 2.45) is 0 Å². The molecule has 1 aromatic heterocycles. The van der Waals surface area contributed by atoms with Crippen LogP contribution in [0.5, 0.6) is 0 Å². The molecule has 5 nitrogen and oxygen atoms in total. The van der Waals surface area contributed by atoms with Crippen LogP contribution in [0.25, 0.3) is 0 Å². The number of nitrogens with one attached hydrogen (secondary N) is 2. The molecule has 0 spiro atoms. The largest absolute Gasteiger partial charge is 0.344 e. The van der Waals surface area contributed by atoms with E-state index in [4.69, 9.17) is 0 Å². The molecule has 0 aliphatic heterocycles. The summed E-state index contributed by atoms with van der Waals surface area (Å²) in [5.41, 5.74) is 0.664. The van der Waals surface area contributed by atoms with Gasteiger partial charge in [-0.05, 0) is 24.3 Å². The molecule has 1 aromatic carbocycles. The number of aromatic nitrogens is 1. The van der Waals surface area contributed by atoms with E-state index in [-0.39, 0.29) is 17.4 Å². The summed E-state index contributed by atoms with van der Waals surface area (Å²) in [5.74, 6) is 0.00722. The molecule has 0 fully saturated rings. The van der Waals surface area contributed by atoms with Crippen molar-refractivity contribution >= 4 is 17.5 Å². The summed E-state index contributed by atoms with van der Waals surface area (Å²) in [6, 6.07) is 14.1.